The second kappa shape index (κ2) is 6.99. The minimum Gasteiger partial charge on any atom is -0.403 e. The van der Waals surface area contributed by atoms with Gasteiger partial charge in [0, 0.05) is 0 Å². The van der Waals surface area contributed by atoms with Crippen LogP contribution in [0.5, 0.6) is 0 Å². The van der Waals surface area contributed by atoms with Crippen LogP contribution in [0.4, 0.5) is 14.4 Å². The highest BCUT2D eigenvalue weighted by atomic mass is 16.8. The Hall–Kier alpha value is -3.55. The topological polar surface area (TPSA) is 85.4 Å². The molecule has 2 amide bonds. The van der Waals surface area contributed by atoms with Crippen molar-refractivity contribution in [3.8, 4) is 0 Å². The van der Waals surface area contributed by atoms with E-state index in [4.69, 9.17) is 9.47 Å². The summed E-state index contributed by atoms with van der Waals surface area (Å²) >= 11 is 0. The molecule has 2 atom stereocenters. The second-order valence-corrected chi connectivity index (χ2v) is 6.13. The van der Waals surface area contributed by atoms with Gasteiger partial charge in [-0.2, -0.15) is 0 Å². The minimum absolute atomic E-state index is 0.191. The number of hydrogen-bond donors (Lipinski definition) is 0. The smallest absolute Gasteiger partial charge is 0.403 e. The average molecular weight is 368 g/mol. The number of carbonyl (C=O) groups excluding carboxylic acids is 3. The summed E-state index contributed by atoms with van der Waals surface area (Å²) in [4.78, 5) is 39.1. The summed E-state index contributed by atoms with van der Waals surface area (Å²) in [7, 11) is 0. The summed E-state index contributed by atoms with van der Waals surface area (Å²) in [5.74, 6) is 0. The van der Waals surface area contributed by atoms with Crippen molar-refractivity contribution in [3.05, 3.63) is 71.8 Å². The fraction of sp³-hybridized carbons (Fsp3) is 0.211. The maximum Gasteiger partial charge on any atom is 0.520 e. The fourth-order valence-corrected chi connectivity index (χ4v) is 3.12. The maximum absolute atomic E-state index is 13.0. The average Bonchev–Trinajstić information content (AvgIpc) is 2.80. The molecule has 0 unspecified atom stereocenters. The summed E-state index contributed by atoms with van der Waals surface area (Å²) in [5, 5.41) is 0. The van der Waals surface area contributed by atoms with Gasteiger partial charge in [-0.1, -0.05) is 60.7 Å². The Morgan fingerprint density at radius 2 is 1.07 bits per heavy atom. The van der Waals surface area contributed by atoms with Gasteiger partial charge >= 0.3 is 18.3 Å². The quantitative estimate of drug-likeness (QED) is 0.609. The van der Waals surface area contributed by atoms with Crippen LogP contribution in [0.2, 0.25) is 0 Å². The summed E-state index contributed by atoms with van der Waals surface area (Å²) in [6.07, 6.45) is -4.58. The van der Waals surface area contributed by atoms with Gasteiger partial charge in [0.15, 0.2) is 0 Å². The van der Waals surface area contributed by atoms with Crippen LogP contribution in [-0.2, 0) is 27.3 Å². The van der Waals surface area contributed by atoms with Gasteiger partial charge in [-0.05, 0) is 11.1 Å². The predicted molar refractivity (Wildman–Crippen MR) is 91.0 cm³/mol. The third-order valence-electron chi connectivity index (χ3n) is 4.34. The molecule has 0 saturated carbocycles. The molecule has 2 aliphatic rings. The van der Waals surface area contributed by atoms with Crippen LogP contribution in [-0.4, -0.2) is 40.6 Å². The third-order valence-corrected chi connectivity index (χ3v) is 4.34. The first-order valence-electron chi connectivity index (χ1n) is 8.36. The van der Waals surface area contributed by atoms with Gasteiger partial charge in [-0.25, -0.2) is 14.4 Å². The zero-order chi connectivity index (χ0) is 18.8. The fourth-order valence-electron chi connectivity index (χ4n) is 3.12. The molecule has 0 spiro atoms. The Balaban J connectivity index is 1.65. The van der Waals surface area contributed by atoms with Gasteiger partial charge in [0.25, 0.3) is 0 Å². The third kappa shape index (κ3) is 3.41. The summed E-state index contributed by atoms with van der Waals surface area (Å²) in [5.41, 5.74) is 1.69. The Labute approximate surface area is 154 Å². The molecular formula is C19H16N2O6. The molecule has 2 fully saturated rings. The zero-order valence-corrected chi connectivity index (χ0v) is 14.2. The molecule has 8 nitrogen and oxygen atoms in total. The molecule has 8 heteroatoms. The largest absolute Gasteiger partial charge is 0.520 e. The molecule has 27 heavy (non-hydrogen) atoms. The maximum atomic E-state index is 13.0. The molecule has 0 aliphatic carbocycles. The number of rotatable bonds is 4. The Bertz CT molecular complexity index is 788. The van der Waals surface area contributed by atoms with E-state index in [-0.39, 0.29) is 13.1 Å². The highest BCUT2D eigenvalue weighted by Gasteiger charge is 2.53. The lowest BCUT2D eigenvalue weighted by Crippen LogP contribution is -2.40. The first-order valence-corrected chi connectivity index (χ1v) is 8.36. The number of fused-ring (bicyclic) bond motifs is 1. The molecule has 2 heterocycles. The molecule has 0 radical (unpaired) electrons. The highest BCUT2D eigenvalue weighted by molar-refractivity contribution is 5.82. The molecule has 2 saturated heterocycles. The van der Waals surface area contributed by atoms with Crippen molar-refractivity contribution >= 4 is 18.3 Å². The van der Waals surface area contributed by atoms with E-state index in [0.29, 0.717) is 0 Å². The van der Waals surface area contributed by atoms with E-state index in [1.807, 2.05) is 60.7 Å². The van der Waals surface area contributed by atoms with Gasteiger partial charge in [-0.3, -0.25) is 9.80 Å². The van der Waals surface area contributed by atoms with Crippen molar-refractivity contribution in [2.24, 2.45) is 0 Å². The second-order valence-electron chi connectivity index (χ2n) is 6.13. The van der Waals surface area contributed by atoms with Crippen molar-refractivity contribution in [2.75, 3.05) is 0 Å². The number of hydrogen-bond acceptors (Lipinski definition) is 6. The van der Waals surface area contributed by atoms with Crippen LogP contribution in [0.3, 0.4) is 0 Å². The summed E-state index contributed by atoms with van der Waals surface area (Å²) < 4.78 is 14.8. The first-order chi connectivity index (χ1) is 13.1. The summed E-state index contributed by atoms with van der Waals surface area (Å²) in [6, 6.07) is 18.1. The van der Waals surface area contributed by atoms with Crippen LogP contribution in [0.1, 0.15) is 11.1 Å². The molecule has 2 aliphatic heterocycles. The van der Waals surface area contributed by atoms with Crippen LogP contribution < -0.4 is 0 Å². The van der Waals surface area contributed by atoms with Gasteiger partial charge in [0.2, 0.25) is 12.5 Å². The minimum atomic E-state index is -1.19. The molecule has 138 valence electrons. The van der Waals surface area contributed by atoms with Crippen molar-refractivity contribution < 1.29 is 28.6 Å². The Morgan fingerprint density at radius 1 is 0.667 bits per heavy atom. The van der Waals surface area contributed by atoms with E-state index < -0.39 is 30.8 Å². The highest BCUT2D eigenvalue weighted by Crippen LogP contribution is 2.31. The molecule has 0 bridgehead atoms. The van der Waals surface area contributed by atoms with E-state index in [9.17, 15) is 14.4 Å². The van der Waals surface area contributed by atoms with Gasteiger partial charge < -0.3 is 14.2 Å². The standard InChI is InChI=1S/C19H16N2O6/c22-17-20(11-13-7-3-1-4-8-13)15-16(26-19(24)27-18(23)25-15)21(17)12-14-9-5-2-6-10-14/h1-10,15-16H,11-12H2/t15-,16+. The SMILES string of the molecule is O=C1OC(=O)O[C@H]2[C@@H](O1)N(Cc1ccccc1)C(=O)N2Cc1ccccc1. The molecule has 2 aromatic carbocycles. The van der Waals surface area contributed by atoms with E-state index in [0.717, 1.165) is 11.1 Å². The molecule has 0 aromatic heterocycles. The molecular weight excluding hydrogens is 352 g/mol. The lowest BCUT2D eigenvalue weighted by atomic mass is 10.2. The van der Waals surface area contributed by atoms with Crippen LogP contribution in [0.15, 0.2) is 60.7 Å². The number of nitrogens with zero attached hydrogens (tertiary/aromatic N) is 2. The van der Waals surface area contributed by atoms with Crippen LogP contribution in [0, 0.1) is 0 Å². The van der Waals surface area contributed by atoms with Gasteiger partial charge in [0.05, 0.1) is 13.1 Å². The molecule has 0 N–H and O–H groups in total. The Morgan fingerprint density at radius 3 is 1.48 bits per heavy atom. The zero-order valence-electron chi connectivity index (χ0n) is 14.2. The van der Waals surface area contributed by atoms with Crippen molar-refractivity contribution in [1.29, 1.82) is 0 Å². The number of urea groups is 1. The van der Waals surface area contributed by atoms with E-state index >= 15 is 0 Å². The summed E-state index contributed by atoms with van der Waals surface area (Å²) in [6.45, 7) is 0.383. The molecule has 4 rings (SSSR count). The molecule has 2 aromatic rings. The number of carbonyl (C=O) groups is 3. The van der Waals surface area contributed by atoms with Crippen molar-refractivity contribution in [3.63, 3.8) is 0 Å². The lowest BCUT2D eigenvalue weighted by Gasteiger charge is -2.22. The van der Waals surface area contributed by atoms with Crippen LogP contribution >= 0.6 is 0 Å². The first kappa shape index (κ1) is 16.9. The van der Waals surface area contributed by atoms with Gasteiger partial charge in [-0.15, -0.1) is 0 Å². The van der Waals surface area contributed by atoms with Crippen LogP contribution in [0.25, 0.3) is 0 Å². The van der Waals surface area contributed by atoms with E-state index in [2.05, 4.69) is 4.74 Å². The number of amides is 2. The lowest BCUT2D eigenvalue weighted by molar-refractivity contribution is -0.0653. The normalized spacial score (nSPS) is 21.9. The number of cyclic esters (lactones) is 2. The van der Waals surface area contributed by atoms with Crippen molar-refractivity contribution in [1.82, 2.24) is 9.80 Å². The van der Waals surface area contributed by atoms with Crippen molar-refractivity contribution in [2.45, 2.75) is 25.5 Å². The predicted octanol–water partition coefficient (Wildman–Crippen LogP) is 3.08. The van der Waals surface area contributed by atoms with E-state index in [1.54, 1.807) is 0 Å². The number of benzene rings is 2. The van der Waals surface area contributed by atoms with Gasteiger partial charge in [0.1, 0.15) is 0 Å². The monoisotopic (exact) mass is 368 g/mol. The Kier molecular flexibility index (Phi) is 4.37. The van der Waals surface area contributed by atoms with E-state index in [1.165, 1.54) is 9.80 Å². The number of ether oxygens (including phenoxy) is 3.